The highest BCUT2D eigenvalue weighted by Crippen LogP contribution is 2.12. The first-order valence-corrected chi connectivity index (χ1v) is 7.10. The minimum absolute atomic E-state index is 0.862. The highest BCUT2D eigenvalue weighted by Gasteiger charge is 2.03. The van der Waals surface area contributed by atoms with Crippen molar-refractivity contribution in [2.45, 2.75) is 33.5 Å². The van der Waals surface area contributed by atoms with Crippen LogP contribution in [0.2, 0.25) is 0 Å². The maximum atomic E-state index is 4.46. The normalized spacial score (nSPS) is 10.8. The Morgan fingerprint density at radius 2 is 1.85 bits per heavy atom. The fourth-order valence-corrected chi connectivity index (χ4v) is 2.15. The molecule has 0 bridgehead atoms. The van der Waals surface area contributed by atoms with E-state index in [-0.39, 0.29) is 0 Å². The molecule has 0 radical (unpaired) electrons. The second kappa shape index (κ2) is 6.57. The second-order valence-electron chi connectivity index (χ2n) is 5.26. The van der Waals surface area contributed by atoms with Crippen molar-refractivity contribution in [1.82, 2.24) is 15.1 Å². The number of nitrogens with zero attached hydrogens (tertiary/aromatic N) is 3. The number of anilines is 1. The van der Waals surface area contributed by atoms with Crippen LogP contribution in [0.3, 0.4) is 0 Å². The molecule has 0 spiro atoms. The van der Waals surface area contributed by atoms with Crippen LogP contribution in [-0.4, -0.2) is 23.9 Å². The molecule has 2 rings (SSSR count). The molecule has 20 heavy (non-hydrogen) atoms. The summed E-state index contributed by atoms with van der Waals surface area (Å²) in [4.78, 5) is 2.11. The lowest BCUT2D eigenvalue weighted by atomic mass is 10.2. The molecular formula is C16H24N4. The summed E-state index contributed by atoms with van der Waals surface area (Å²) in [5, 5.41) is 7.93. The molecule has 0 atom stereocenters. The van der Waals surface area contributed by atoms with E-state index in [1.807, 2.05) is 4.68 Å². The summed E-state index contributed by atoms with van der Waals surface area (Å²) in [6.07, 6.45) is 2.12. The van der Waals surface area contributed by atoms with Gasteiger partial charge < -0.3 is 10.2 Å². The molecule has 0 fully saturated rings. The highest BCUT2D eigenvalue weighted by atomic mass is 15.3. The summed E-state index contributed by atoms with van der Waals surface area (Å²) in [5.41, 5.74) is 4.92. The summed E-state index contributed by atoms with van der Waals surface area (Å²) in [5.74, 6) is 0. The van der Waals surface area contributed by atoms with Crippen molar-refractivity contribution in [2.24, 2.45) is 0 Å². The van der Waals surface area contributed by atoms with Crippen molar-refractivity contribution >= 4 is 5.69 Å². The number of hydrogen-bond acceptors (Lipinski definition) is 3. The average Bonchev–Trinajstić information content (AvgIpc) is 2.80. The molecule has 0 aliphatic rings. The van der Waals surface area contributed by atoms with Crippen molar-refractivity contribution in [2.75, 3.05) is 19.0 Å². The fraction of sp³-hybridized carbons (Fsp3) is 0.438. The van der Waals surface area contributed by atoms with Gasteiger partial charge in [0.15, 0.2) is 0 Å². The SMILES string of the molecule is CCn1cc(CNCc2ccc(N(C)C)cc2)c(C)n1. The van der Waals surface area contributed by atoms with E-state index in [1.165, 1.54) is 16.8 Å². The van der Waals surface area contributed by atoms with Crippen LogP contribution in [0.1, 0.15) is 23.7 Å². The van der Waals surface area contributed by atoms with Gasteiger partial charge in [-0.2, -0.15) is 5.10 Å². The van der Waals surface area contributed by atoms with Gasteiger partial charge in [-0.25, -0.2) is 0 Å². The van der Waals surface area contributed by atoms with Crippen molar-refractivity contribution in [3.05, 3.63) is 47.3 Å². The van der Waals surface area contributed by atoms with Gasteiger partial charge in [0, 0.05) is 51.2 Å². The summed E-state index contributed by atoms with van der Waals surface area (Å²) >= 11 is 0. The molecule has 2 aromatic rings. The molecule has 4 heteroatoms. The average molecular weight is 272 g/mol. The zero-order valence-electron chi connectivity index (χ0n) is 12.8. The van der Waals surface area contributed by atoms with Crippen molar-refractivity contribution in [1.29, 1.82) is 0 Å². The smallest absolute Gasteiger partial charge is 0.0638 e. The first-order valence-electron chi connectivity index (χ1n) is 7.10. The molecule has 0 amide bonds. The number of hydrogen-bond donors (Lipinski definition) is 1. The summed E-state index contributed by atoms with van der Waals surface area (Å²) in [7, 11) is 4.11. The molecule has 0 saturated carbocycles. The van der Waals surface area contributed by atoms with Gasteiger partial charge in [-0.1, -0.05) is 12.1 Å². The zero-order chi connectivity index (χ0) is 14.5. The van der Waals surface area contributed by atoms with Crippen LogP contribution in [0.5, 0.6) is 0 Å². The maximum Gasteiger partial charge on any atom is 0.0638 e. The summed E-state index contributed by atoms with van der Waals surface area (Å²) in [6.45, 7) is 6.84. The van der Waals surface area contributed by atoms with Gasteiger partial charge >= 0.3 is 0 Å². The van der Waals surface area contributed by atoms with Gasteiger partial charge in [-0.3, -0.25) is 4.68 Å². The van der Waals surface area contributed by atoms with Crippen LogP contribution in [-0.2, 0) is 19.6 Å². The van der Waals surface area contributed by atoms with Crippen LogP contribution in [0.4, 0.5) is 5.69 Å². The molecule has 1 aromatic carbocycles. The standard InChI is InChI=1S/C16H24N4/c1-5-20-12-15(13(2)18-20)11-17-10-14-6-8-16(9-7-14)19(3)4/h6-9,12,17H,5,10-11H2,1-4H3. The predicted molar refractivity (Wildman–Crippen MR) is 84.0 cm³/mol. The molecular weight excluding hydrogens is 248 g/mol. The van der Waals surface area contributed by atoms with Crippen molar-refractivity contribution in [3.63, 3.8) is 0 Å². The molecule has 1 aromatic heterocycles. The quantitative estimate of drug-likeness (QED) is 0.877. The van der Waals surface area contributed by atoms with Crippen LogP contribution in [0.25, 0.3) is 0 Å². The number of rotatable bonds is 6. The summed E-state index contributed by atoms with van der Waals surface area (Å²) in [6, 6.07) is 8.64. The Hall–Kier alpha value is -1.81. The van der Waals surface area contributed by atoms with E-state index in [0.29, 0.717) is 0 Å². The van der Waals surface area contributed by atoms with Gasteiger partial charge in [-0.15, -0.1) is 0 Å². The molecule has 0 unspecified atom stereocenters. The van der Waals surface area contributed by atoms with Crippen LogP contribution in [0, 0.1) is 6.92 Å². The molecule has 1 N–H and O–H groups in total. The number of nitrogens with one attached hydrogen (secondary N) is 1. The monoisotopic (exact) mass is 272 g/mol. The van der Waals surface area contributed by atoms with Crippen LogP contribution < -0.4 is 10.2 Å². The second-order valence-corrected chi connectivity index (χ2v) is 5.26. The van der Waals surface area contributed by atoms with Gasteiger partial charge in [0.2, 0.25) is 0 Å². The number of aromatic nitrogens is 2. The zero-order valence-corrected chi connectivity index (χ0v) is 12.8. The van der Waals surface area contributed by atoms with E-state index in [1.54, 1.807) is 0 Å². The highest BCUT2D eigenvalue weighted by molar-refractivity contribution is 5.45. The Balaban J connectivity index is 1.87. The van der Waals surface area contributed by atoms with E-state index >= 15 is 0 Å². The Kier molecular flexibility index (Phi) is 4.79. The summed E-state index contributed by atoms with van der Waals surface area (Å²) < 4.78 is 1.98. The maximum absolute atomic E-state index is 4.46. The van der Waals surface area contributed by atoms with Crippen LogP contribution in [0.15, 0.2) is 30.5 Å². The van der Waals surface area contributed by atoms with E-state index in [2.05, 4.69) is 73.7 Å². The lowest BCUT2D eigenvalue weighted by molar-refractivity contribution is 0.651. The third kappa shape index (κ3) is 3.61. The lowest BCUT2D eigenvalue weighted by Gasteiger charge is -2.12. The third-order valence-electron chi connectivity index (χ3n) is 3.47. The number of benzene rings is 1. The predicted octanol–water partition coefficient (Wildman–Crippen LogP) is 2.57. The Morgan fingerprint density at radius 3 is 2.40 bits per heavy atom. The van der Waals surface area contributed by atoms with Crippen LogP contribution >= 0.6 is 0 Å². The molecule has 0 aliphatic carbocycles. The first kappa shape index (κ1) is 14.6. The lowest BCUT2D eigenvalue weighted by Crippen LogP contribution is -2.13. The van der Waals surface area contributed by atoms with E-state index in [4.69, 9.17) is 0 Å². The van der Waals surface area contributed by atoms with E-state index in [0.717, 1.165) is 25.3 Å². The Morgan fingerprint density at radius 1 is 1.15 bits per heavy atom. The van der Waals surface area contributed by atoms with Crippen molar-refractivity contribution < 1.29 is 0 Å². The van der Waals surface area contributed by atoms with Gasteiger partial charge in [0.25, 0.3) is 0 Å². The fourth-order valence-electron chi connectivity index (χ4n) is 2.15. The molecule has 0 aliphatic heterocycles. The largest absolute Gasteiger partial charge is 0.378 e. The molecule has 0 saturated heterocycles. The third-order valence-corrected chi connectivity index (χ3v) is 3.47. The number of aryl methyl sites for hydroxylation is 2. The molecule has 4 nitrogen and oxygen atoms in total. The van der Waals surface area contributed by atoms with Gasteiger partial charge in [0.1, 0.15) is 0 Å². The first-order chi connectivity index (χ1) is 9.60. The van der Waals surface area contributed by atoms with Gasteiger partial charge in [-0.05, 0) is 31.5 Å². The van der Waals surface area contributed by atoms with E-state index in [9.17, 15) is 0 Å². The Labute approximate surface area is 121 Å². The topological polar surface area (TPSA) is 33.1 Å². The molecule has 108 valence electrons. The minimum atomic E-state index is 0.862. The minimum Gasteiger partial charge on any atom is -0.378 e. The van der Waals surface area contributed by atoms with E-state index < -0.39 is 0 Å². The molecule has 1 heterocycles. The van der Waals surface area contributed by atoms with Crippen molar-refractivity contribution in [3.8, 4) is 0 Å². The van der Waals surface area contributed by atoms with Gasteiger partial charge in [0.05, 0.1) is 5.69 Å². The Bertz CT molecular complexity index is 540.